The predicted octanol–water partition coefficient (Wildman–Crippen LogP) is 9.90. The second kappa shape index (κ2) is 17.5. The third-order valence-corrected chi connectivity index (χ3v) is 8.16. The Balaban J connectivity index is 0.00000312. The van der Waals surface area contributed by atoms with E-state index in [4.69, 9.17) is 4.74 Å². The Morgan fingerprint density at radius 1 is 0.771 bits per heavy atom. The van der Waals surface area contributed by atoms with Gasteiger partial charge in [-0.15, -0.1) is 0 Å². The first-order valence-electron chi connectivity index (χ1n) is 15.6. The Morgan fingerprint density at radius 2 is 1.35 bits per heavy atom. The van der Waals surface area contributed by atoms with Gasteiger partial charge in [-0.05, 0) is 91.3 Å². The van der Waals surface area contributed by atoms with Gasteiger partial charge in [0.2, 0.25) is 0 Å². The number of benzene rings is 4. The summed E-state index contributed by atoms with van der Waals surface area (Å²) in [5.74, 6) is -0.599. The molecule has 1 aliphatic carbocycles. The maximum absolute atomic E-state index is 13.2. The molecule has 0 bridgehead atoms. The molecule has 3 N–H and O–H groups in total. The molecule has 5 rings (SSSR count). The smallest absolute Gasteiger partial charge is 0.416 e. The van der Waals surface area contributed by atoms with E-state index in [1.807, 2.05) is 61.5 Å². The van der Waals surface area contributed by atoms with E-state index in [0.717, 1.165) is 55.5 Å². The van der Waals surface area contributed by atoms with Crippen molar-refractivity contribution in [2.24, 2.45) is 0 Å². The average molecular weight is 662 g/mol. The van der Waals surface area contributed by atoms with Crippen LogP contribution in [-0.4, -0.2) is 30.6 Å². The largest absolute Gasteiger partial charge is 0.464 e. The Labute approximate surface area is 282 Å². The zero-order valence-corrected chi connectivity index (χ0v) is 25.6. The fraction of sp³-hybridized carbons (Fsp3) is 0.333. The molecule has 6 nitrogen and oxygen atoms in total. The molecule has 4 aromatic rings. The molecular weight excluding hydrogens is 615 g/mol. The molecule has 0 spiro atoms. The molecule has 48 heavy (non-hydrogen) atoms. The number of ether oxygens (including phenoxy) is 1. The van der Waals surface area contributed by atoms with Crippen molar-refractivity contribution in [1.82, 2.24) is 5.32 Å². The van der Waals surface area contributed by atoms with Gasteiger partial charge < -0.3 is 15.4 Å². The Kier molecular flexibility index (Phi) is 13.8. The van der Waals surface area contributed by atoms with Crippen LogP contribution in [0.15, 0.2) is 103 Å². The van der Waals surface area contributed by atoms with Crippen LogP contribution in [0.3, 0.4) is 0 Å². The van der Waals surface area contributed by atoms with Gasteiger partial charge in [-0.3, -0.25) is 10.1 Å². The van der Waals surface area contributed by atoms with Crippen molar-refractivity contribution in [3.05, 3.63) is 120 Å². The van der Waals surface area contributed by atoms with Gasteiger partial charge in [0.1, 0.15) is 6.04 Å². The van der Waals surface area contributed by atoms with Crippen LogP contribution in [-0.2, 0) is 15.7 Å². The summed E-state index contributed by atoms with van der Waals surface area (Å²) in [6, 6.07) is 28.8. The number of esters is 1. The zero-order valence-electron chi connectivity index (χ0n) is 25.6. The van der Waals surface area contributed by atoms with Crippen molar-refractivity contribution in [2.45, 2.75) is 78.2 Å². The number of alkyl halides is 3. The lowest BCUT2D eigenvalue weighted by Crippen LogP contribution is -2.42. The van der Waals surface area contributed by atoms with Crippen molar-refractivity contribution in [2.75, 3.05) is 17.2 Å². The highest BCUT2D eigenvalue weighted by Gasteiger charge is 2.30. The van der Waals surface area contributed by atoms with Gasteiger partial charge >= 0.3 is 12.1 Å². The van der Waals surface area contributed by atoms with Crippen LogP contribution in [0.4, 0.5) is 24.5 Å². The van der Waals surface area contributed by atoms with E-state index in [1.54, 1.807) is 24.3 Å². The second-order valence-electron chi connectivity index (χ2n) is 11.5. The highest BCUT2D eigenvalue weighted by atomic mass is 19.4. The summed E-state index contributed by atoms with van der Waals surface area (Å²) in [5.41, 5.74) is 3.14. The lowest BCUT2D eigenvalue weighted by Gasteiger charge is -2.32. The number of carbonyl (C=O) groups is 2. The molecule has 9 heteroatoms. The molecule has 1 saturated carbocycles. The molecule has 256 valence electrons. The van der Waals surface area contributed by atoms with E-state index < -0.39 is 17.8 Å². The molecule has 0 radical (unpaired) electrons. The molecule has 4 aromatic carbocycles. The van der Waals surface area contributed by atoms with Gasteiger partial charge in [-0.25, -0.2) is 4.79 Å². The van der Waals surface area contributed by atoms with Gasteiger partial charge in [-0.2, -0.15) is 13.2 Å². The van der Waals surface area contributed by atoms with Crippen molar-refractivity contribution in [3.63, 3.8) is 0 Å². The van der Waals surface area contributed by atoms with Crippen LogP contribution < -0.4 is 16.0 Å². The molecule has 1 fully saturated rings. The van der Waals surface area contributed by atoms with Crippen LogP contribution in [0, 0.1) is 0 Å². The first kappa shape index (κ1) is 37.8. The molecule has 0 aromatic heterocycles. The van der Waals surface area contributed by atoms with Crippen molar-refractivity contribution in [1.29, 1.82) is 0 Å². The first-order valence-corrected chi connectivity index (χ1v) is 15.6. The summed E-state index contributed by atoms with van der Waals surface area (Å²) >= 11 is 0. The molecular formula is C39H46F3N3O3. The van der Waals surface area contributed by atoms with Crippen molar-refractivity contribution in [3.8, 4) is 11.1 Å². The molecule has 1 aliphatic rings. The molecule has 1 amide bonds. The molecule has 0 aliphatic heterocycles. The second-order valence-corrected chi connectivity index (χ2v) is 11.5. The van der Waals surface area contributed by atoms with Gasteiger partial charge in [0.25, 0.3) is 5.91 Å². The maximum Gasteiger partial charge on any atom is 0.416 e. The summed E-state index contributed by atoms with van der Waals surface area (Å²) in [4.78, 5) is 26.0. The lowest BCUT2D eigenvalue weighted by atomic mass is 9.90. The van der Waals surface area contributed by atoms with Crippen molar-refractivity contribution < 1.29 is 27.5 Å². The van der Waals surface area contributed by atoms with Gasteiger partial charge in [0.15, 0.2) is 0 Å². The van der Waals surface area contributed by atoms with Crippen LogP contribution in [0.25, 0.3) is 11.1 Å². The number of carbonyl (C=O) groups excluding carboxylic acids is 2. The molecule has 0 heterocycles. The van der Waals surface area contributed by atoms with Crippen LogP contribution >= 0.6 is 0 Å². The first-order chi connectivity index (χ1) is 22.2. The van der Waals surface area contributed by atoms with E-state index in [9.17, 15) is 22.8 Å². The quantitative estimate of drug-likeness (QED) is 0.140. The van der Waals surface area contributed by atoms with Crippen LogP contribution in [0.1, 0.15) is 81.4 Å². The maximum atomic E-state index is 13.2. The summed E-state index contributed by atoms with van der Waals surface area (Å²) < 4.78 is 44.5. The van der Waals surface area contributed by atoms with E-state index >= 15 is 0 Å². The number of halogens is 3. The zero-order chi connectivity index (χ0) is 32.5. The predicted molar refractivity (Wildman–Crippen MR) is 188 cm³/mol. The molecule has 0 saturated heterocycles. The fourth-order valence-electron chi connectivity index (χ4n) is 5.73. The van der Waals surface area contributed by atoms with E-state index in [2.05, 4.69) is 16.0 Å². The summed E-state index contributed by atoms with van der Waals surface area (Å²) in [5, 5.41) is 10.0. The normalized spacial score (nSPS) is 16.4. The van der Waals surface area contributed by atoms with Crippen molar-refractivity contribution >= 4 is 23.3 Å². The molecule has 1 atom stereocenters. The summed E-state index contributed by atoms with van der Waals surface area (Å²) in [6.45, 7) is 2.38. The minimum absolute atomic E-state index is 0. The fourth-order valence-corrected chi connectivity index (χ4v) is 5.73. The highest BCUT2D eigenvalue weighted by Crippen LogP contribution is 2.32. The Bertz CT molecular complexity index is 1590. The topological polar surface area (TPSA) is 79.5 Å². The average Bonchev–Trinajstić information content (AvgIpc) is 3.07. The minimum atomic E-state index is -4.43. The number of rotatable bonds is 11. The number of hydrogen-bond donors (Lipinski definition) is 3. The monoisotopic (exact) mass is 661 g/mol. The number of amides is 1. The minimum Gasteiger partial charge on any atom is -0.464 e. The van der Waals surface area contributed by atoms with E-state index in [1.165, 1.54) is 12.1 Å². The number of hydrogen-bond acceptors (Lipinski definition) is 5. The van der Waals surface area contributed by atoms with Crippen LogP contribution in [0.2, 0.25) is 0 Å². The van der Waals surface area contributed by atoms with Gasteiger partial charge in [-0.1, -0.05) is 82.4 Å². The Morgan fingerprint density at radius 3 is 1.98 bits per heavy atom. The summed E-state index contributed by atoms with van der Waals surface area (Å²) in [6.07, 6.45) is 0.0371. The number of anilines is 2. The van der Waals surface area contributed by atoms with Gasteiger partial charge in [0, 0.05) is 29.0 Å². The highest BCUT2D eigenvalue weighted by molar-refractivity contribution is 6.08. The standard InChI is InChI=1S/C37H38F3N3O3.2CH4/c1-2-24-46-36(45)34(26-8-4-3-5-9-26)42-30-20-16-28(17-21-30)41-29-18-22-31(23-19-29)43-35(44)33-11-7-6-10-32(33)25-12-14-27(15-13-25)37(38,39)40;;/h3-15,18-19,22-23,28,30,34,41-42H,2,16-17,20-21,24H2,1H3,(H,43,44);2*1H4. The summed E-state index contributed by atoms with van der Waals surface area (Å²) in [7, 11) is 0. The number of nitrogens with one attached hydrogen (secondary N) is 3. The lowest BCUT2D eigenvalue weighted by molar-refractivity contribution is -0.146. The Hall–Kier alpha value is -4.63. The molecule has 1 unspecified atom stereocenters. The third-order valence-electron chi connectivity index (χ3n) is 8.16. The van der Waals surface area contributed by atoms with Gasteiger partial charge in [0.05, 0.1) is 12.2 Å². The van der Waals surface area contributed by atoms with E-state index in [-0.39, 0.29) is 38.8 Å². The third kappa shape index (κ3) is 9.94. The van der Waals surface area contributed by atoms with Crippen LogP contribution in [0.5, 0.6) is 0 Å². The SMILES string of the molecule is C.C.CCCOC(=O)C(NC1CCC(Nc2ccc(NC(=O)c3ccccc3-c3ccc(C(F)(F)F)cc3)cc2)CC1)c1ccccc1. The van der Waals surface area contributed by atoms with E-state index in [0.29, 0.717) is 29.0 Å².